The van der Waals surface area contributed by atoms with Gasteiger partial charge in [-0.15, -0.1) is 0 Å². The number of nitrogens with zero attached hydrogens (tertiary/aromatic N) is 1. The minimum Gasteiger partial charge on any atom is -0.377 e. The lowest BCUT2D eigenvalue weighted by molar-refractivity contribution is -0.00766. The molecule has 2 rings (SSSR count). The van der Waals surface area contributed by atoms with Gasteiger partial charge >= 0.3 is 0 Å². The van der Waals surface area contributed by atoms with Crippen LogP contribution in [-0.2, 0) is 4.74 Å². The largest absolute Gasteiger partial charge is 0.377 e. The molecule has 0 aromatic carbocycles. The Balaban J connectivity index is 1.72. The quantitative estimate of drug-likeness (QED) is 0.753. The van der Waals surface area contributed by atoms with Crippen molar-refractivity contribution in [2.75, 3.05) is 26.5 Å². The number of hydrogen-bond acceptors (Lipinski definition) is 3. The topological polar surface area (TPSA) is 12.5 Å². The molecule has 0 aromatic heterocycles. The number of hydrogen-bond donors (Lipinski definition) is 0. The van der Waals surface area contributed by atoms with Crippen molar-refractivity contribution >= 4 is 11.8 Å². The van der Waals surface area contributed by atoms with E-state index in [9.17, 15) is 0 Å². The molecular weight excluding hydrogens is 218 g/mol. The van der Waals surface area contributed by atoms with Gasteiger partial charge in [0.2, 0.25) is 0 Å². The Bertz CT molecular complexity index is 206. The van der Waals surface area contributed by atoms with Gasteiger partial charge in [0.1, 0.15) is 0 Å². The molecule has 1 saturated carbocycles. The summed E-state index contributed by atoms with van der Waals surface area (Å²) in [4.78, 5) is 2.55. The van der Waals surface area contributed by atoms with Crippen LogP contribution < -0.4 is 0 Å². The third-order valence-corrected chi connectivity index (χ3v) is 5.17. The van der Waals surface area contributed by atoms with E-state index in [0.717, 1.165) is 24.4 Å². The first-order chi connectivity index (χ1) is 7.79. The zero-order valence-electron chi connectivity index (χ0n) is 10.7. The molecule has 1 aliphatic heterocycles. The summed E-state index contributed by atoms with van der Waals surface area (Å²) in [5, 5.41) is 0.903. The molecule has 3 atom stereocenters. The standard InChI is InChI=1S/C13H25NOS/c1-14(10-12-5-3-4-8-15-12)11-6-7-13(9-11)16-2/h11-13H,3-10H2,1-2H3/t11-,12+,13+/m0/s1. The summed E-state index contributed by atoms with van der Waals surface area (Å²) in [5.41, 5.74) is 0. The van der Waals surface area contributed by atoms with Gasteiger partial charge < -0.3 is 9.64 Å². The van der Waals surface area contributed by atoms with Crippen LogP contribution in [0, 0.1) is 0 Å². The van der Waals surface area contributed by atoms with Gasteiger partial charge in [-0.25, -0.2) is 0 Å². The third-order valence-electron chi connectivity index (χ3n) is 4.08. The average Bonchev–Trinajstić information content (AvgIpc) is 2.79. The van der Waals surface area contributed by atoms with Crippen LogP contribution in [-0.4, -0.2) is 48.8 Å². The van der Waals surface area contributed by atoms with Crippen molar-refractivity contribution in [3.8, 4) is 0 Å². The molecule has 2 nitrogen and oxygen atoms in total. The van der Waals surface area contributed by atoms with Gasteiger partial charge in [-0.05, 0) is 51.8 Å². The zero-order chi connectivity index (χ0) is 11.4. The van der Waals surface area contributed by atoms with Gasteiger partial charge in [-0.1, -0.05) is 0 Å². The van der Waals surface area contributed by atoms with E-state index in [1.807, 2.05) is 11.8 Å². The highest BCUT2D eigenvalue weighted by Gasteiger charge is 2.28. The van der Waals surface area contributed by atoms with E-state index in [-0.39, 0.29) is 0 Å². The van der Waals surface area contributed by atoms with Crippen molar-refractivity contribution < 1.29 is 4.74 Å². The van der Waals surface area contributed by atoms with Gasteiger partial charge in [-0.2, -0.15) is 11.8 Å². The molecule has 0 amide bonds. The van der Waals surface area contributed by atoms with E-state index < -0.39 is 0 Å². The molecule has 3 heteroatoms. The minimum atomic E-state index is 0.507. The highest BCUT2D eigenvalue weighted by atomic mass is 32.2. The first-order valence-electron chi connectivity index (χ1n) is 6.64. The molecule has 1 saturated heterocycles. The summed E-state index contributed by atoms with van der Waals surface area (Å²) in [5.74, 6) is 0. The SMILES string of the molecule is CS[C@@H]1CC[C@H](N(C)C[C@H]2CCCCO2)C1. The van der Waals surface area contributed by atoms with Gasteiger partial charge in [0.25, 0.3) is 0 Å². The molecule has 94 valence electrons. The second-order valence-corrected chi connectivity index (χ2v) is 6.39. The molecule has 16 heavy (non-hydrogen) atoms. The summed E-state index contributed by atoms with van der Waals surface area (Å²) in [6, 6.07) is 0.808. The number of likely N-dealkylation sites (N-methyl/N-ethyl adjacent to an activating group) is 1. The molecule has 1 aliphatic carbocycles. The van der Waals surface area contributed by atoms with E-state index in [1.54, 1.807) is 0 Å². The van der Waals surface area contributed by atoms with Crippen LogP contribution in [0.4, 0.5) is 0 Å². The average molecular weight is 243 g/mol. The number of thioether (sulfide) groups is 1. The van der Waals surface area contributed by atoms with E-state index >= 15 is 0 Å². The van der Waals surface area contributed by atoms with Crippen LogP contribution in [0.1, 0.15) is 38.5 Å². The summed E-state index contributed by atoms with van der Waals surface area (Å²) < 4.78 is 5.81. The first-order valence-corrected chi connectivity index (χ1v) is 7.93. The highest BCUT2D eigenvalue weighted by Crippen LogP contribution is 2.31. The van der Waals surface area contributed by atoms with Crippen LogP contribution >= 0.6 is 11.8 Å². The Morgan fingerprint density at radius 2 is 2.12 bits per heavy atom. The van der Waals surface area contributed by atoms with Crippen molar-refractivity contribution in [3.05, 3.63) is 0 Å². The smallest absolute Gasteiger partial charge is 0.0702 e. The maximum atomic E-state index is 5.81. The fourth-order valence-corrected chi connectivity index (χ4v) is 3.74. The summed E-state index contributed by atoms with van der Waals surface area (Å²) in [7, 11) is 2.28. The van der Waals surface area contributed by atoms with E-state index in [2.05, 4.69) is 18.2 Å². The van der Waals surface area contributed by atoms with Crippen molar-refractivity contribution in [2.24, 2.45) is 0 Å². The Kier molecular flexibility index (Phi) is 4.98. The Labute approximate surface area is 104 Å². The van der Waals surface area contributed by atoms with Crippen molar-refractivity contribution in [2.45, 2.75) is 55.9 Å². The van der Waals surface area contributed by atoms with E-state index in [0.29, 0.717) is 6.10 Å². The predicted octanol–water partition coefficient (Wildman–Crippen LogP) is 2.77. The van der Waals surface area contributed by atoms with Crippen LogP contribution in [0.3, 0.4) is 0 Å². The second-order valence-electron chi connectivity index (χ2n) is 5.25. The molecule has 1 heterocycles. The Morgan fingerprint density at radius 3 is 2.75 bits per heavy atom. The maximum Gasteiger partial charge on any atom is 0.0702 e. The van der Waals surface area contributed by atoms with Crippen LogP contribution in [0.2, 0.25) is 0 Å². The zero-order valence-corrected chi connectivity index (χ0v) is 11.5. The number of ether oxygens (including phenoxy) is 1. The van der Waals surface area contributed by atoms with Crippen molar-refractivity contribution in [1.82, 2.24) is 4.90 Å². The fourth-order valence-electron chi connectivity index (χ4n) is 2.95. The maximum absolute atomic E-state index is 5.81. The molecule has 2 fully saturated rings. The Morgan fingerprint density at radius 1 is 1.25 bits per heavy atom. The first kappa shape index (κ1) is 12.7. The molecule has 0 N–H and O–H groups in total. The van der Waals surface area contributed by atoms with E-state index in [4.69, 9.17) is 4.74 Å². The van der Waals surface area contributed by atoms with Crippen LogP contribution in [0.5, 0.6) is 0 Å². The lowest BCUT2D eigenvalue weighted by Crippen LogP contribution is -2.38. The van der Waals surface area contributed by atoms with Crippen molar-refractivity contribution in [3.63, 3.8) is 0 Å². The summed E-state index contributed by atoms with van der Waals surface area (Å²) in [6.45, 7) is 2.13. The van der Waals surface area contributed by atoms with Gasteiger partial charge in [0.15, 0.2) is 0 Å². The Hall–Kier alpha value is 0.270. The molecular formula is C13H25NOS. The molecule has 0 unspecified atom stereocenters. The fraction of sp³-hybridized carbons (Fsp3) is 1.00. The summed E-state index contributed by atoms with van der Waals surface area (Å²) >= 11 is 2.04. The van der Waals surface area contributed by atoms with Crippen LogP contribution in [0.25, 0.3) is 0 Å². The van der Waals surface area contributed by atoms with E-state index in [1.165, 1.54) is 38.5 Å². The third kappa shape index (κ3) is 3.38. The highest BCUT2D eigenvalue weighted by molar-refractivity contribution is 7.99. The minimum absolute atomic E-state index is 0.507. The molecule has 0 bridgehead atoms. The summed E-state index contributed by atoms with van der Waals surface area (Å²) in [6.07, 6.45) is 10.8. The van der Waals surface area contributed by atoms with Crippen LogP contribution in [0.15, 0.2) is 0 Å². The number of rotatable bonds is 4. The second kappa shape index (κ2) is 6.27. The van der Waals surface area contributed by atoms with Gasteiger partial charge in [0.05, 0.1) is 6.10 Å². The van der Waals surface area contributed by atoms with Gasteiger partial charge in [-0.3, -0.25) is 0 Å². The predicted molar refractivity (Wildman–Crippen MR) is 71.2 cm³/mol. The molecule has 0 aromatic rings. The normalized spacial score (nSPS) is 35.8. The molecule has 0 radical (unpaired) electrons. The van der Waals surface area contributed by atoms with Crippen molar-refractivity contribution in [1.29, 1.82) is 0 Å². The van der Waals surface area contributed by atoms with Gasteiger partial charge in [0, 0.05) is 24.4 Å². The monoisotopic (exact) mass is 243 g/mol. The lowest BCUT2D eigenvalue weighted by atomic mass is 10.1. The molecule has 2 aliphatic rings. The molecule has 0 spiro atoms. The lowest BCUT2D eigenvalue weighted by Gasteiger charge is -2.31.